The first-order valence-corrected chi connectivity index (χ1v) is 10.3. The molecule has 0 unspecified atom stereocenters. The molecule has 4 aromatic heterocycles. The van der Waals surface area contributed by atoms with Gasteiger partial charge in [-0.1, -0.05) is 12.1 Å². The summed E-state index contributed by atoms with van der Waals surface area (Å²) in [7, 11) is 0. The average molecular weight is 417 g/mol. The molecule has 1 atom stereocenters. The first kappa shape index (κ1) is 19.2. The summed E-state index contributed by atoms with van der Waals surface area (Å²) in [5, 5.41) is 14.6. The molecule has 0 aliphatic carbocycles. The maximum absolute atomic E-state index is 5.67. The van der Waals surface area contributed by atoms with Gasteiger partial charge in [-0.05, 0) is 26.7 Å². The molecule has 1 aliphatic rings. The molecule has 5 rings (SSSR count). The molecule has 0 aromatic carbocycles. The number of anilines is 3. The summed E-state index contributed by atoms with van der Waals surface area (Å²) in [5.74, 6) is 2.88. The van der Waals surface area contributed by atoms with Gasteiger partial charge in [0.25, 0.3) is 0 Å². The Hall–Kier alpha value is -3.82. The predicted molar refractivity (Wildman–Crippen MR) is 115 cm³/mol. The lowest BCUT2D eigenvalue weighted by Gasteiger charge is -2.39. The Morgan fingerprint density at radius 3 is 2.71 bits per heavy atom. The number of rotatable bonds is 6. The van der Waals surface area contributed by atoms with Crippen LogP contribution >= 0.6 is 0 Å². The molecule has 31 heavy (non-hydrogen) atoms. The average Bonchev–Trinajstić information content (AvgIpc) is 3.36. The SMILES string of the molecule is CCc1cc(Nc2cc(C)[nH]n2)nc(N2CC[C@H]2c2cc(-c3nccnc3C)no2)n1. The van der Waals surface area contributed by atoms with Crippen molar-refractivity contribution in [3.8, 4) is 11.4 Å². The number of H-pyrrole nitrogens is 1. The van der Waals surface area contributed by atoms with Gasteiger partial charge in [0.1, 0.15) is 17.2 Å². The molecular formula is C21H23N9O. The summed E-state index contributed by atoms with van der Waals surface area (Å²) in [4.78, 5) is 20.3. The zero-order valence-corrected chi connectivity index (χ0v) is 17.6. The minimum Gasteiger partial charge on any atom is -0.358 e. The lowest BCUT2D eigenvalue weighted by Crippen LogP contribution is -2.42. The Morgan fingerprint density at radius 1 is 1.13 bits per heavy atom. The smallest absolute Gasteiger partial charge is 0.228 e. The minimum absolute atomic E-state index is 0.0332. The molecule has 0 spiro atoms. The molecule has 1 aliphatic heterocycles. The normalized spacial score (nSPS) is 15.7. The number of nitrogens with zero attached hydrogens (tertiary/aromatic N) is 7. The van der Waals surface area contributed by atoms with Crippen LogP contribution < -0.4 is 10.2 Å². The zero-order chi connectivity index (χ0) is 21.4. The molecule has 10 heteroatoms. The predicted octanol–water partition coefficient (Wildman–Crippen LogP) is 3.52. The van der Waals surface area contributed by atoms with Crippen LogP contribution in [0, 0.1) is 13.8 Å². The maximum Gasteiger partial charge on any atom is 0.228 e. The van der Waals surface area contributed by atoms with Crippen LogP contribution in [0.15, 0.2) is 35.1 Å². The lowest BCUT2D eigenvalue weighted by molar-refractivity contribution is 0.315. The monoisotopic (exact) mass is 417 g/mol. The number of aromatic nitrogens is 7. The second kappa shape index (κ2) is 7.78. The summed E-state index contributed by atoms with van der Waals surface area (Å²) in [6, 6.07) is 5.85. The molecule has 2 N–H and O–H groups in total. The van der Waals surface area contributed by atoms with Gasteiger partial charge in [-0.15, -0.1) is 0 Å². The first-order valence-electron chi connectivity index (χ1n) is 10.3. The first-order chi connectivity index (χ1) is 15.1. The van der Waals surface area contributed by atoms with Gasteiger partial charge in [0.05, 0.1) is 11.7 Å². The van der Waals surface area contributed by atoms with E-state index in [2.05, 4.69) is 42.5 Å². The zero-order valence-electron chi connectivity index (χ0n) is 17.6. The van der Waals surface area contributed by atoms with Gasteiger partial charge in [-0.2, -0.15) is 10.1 Å². The van der Waals surface area contributed by atoms with Gasteiger partial charge in [-0.25, -0.2) is 4.98 Å². The van der Waals surface area contributed by atoms with Gasteiger partial charge < -0.3 is 14.7 Å². The minimum atomic E-state index is 0.0332. The highest BCUT2D eigenvalue weighted by Crippen LogP contribution is 2.38. The van der Waals surface area contributed by atoms with Crippen LogP contribution in [-0.2, 0) is 6.42 Å². The van der Waals surface area contributed by atoms with E-state index < -0.39 is 0 Å². The second-order valence-electron chi connectivity index (χ2n) is 7.56. The lowest BCUT2D eigenvalue weighted by atomic mass is 10.0. The summed E-state index contributed by atoms with van der Waals surface area (Å²) in [5.41, 5.74) is 4.17. The highest BCUT2D eigenvalue weighted by atomic mass is 16.5. The Morgan fingerprint density at radius 2 is 2.00 bits per heavy atom. The highest BCUT2D eigenvalue weighted by molar-refractivity contribution is 5.58. The third-order valence-corrected chi connectivity index (χ3v) is 5.35. The molecule has 5 heterocycles. The number of aromatic amines is 1. The summed E-state index contributed by atoms with van der Waals surface area (Å²) >= 11 is 0. The van der Waals surface area contributed by atoms with Gasteiger partial charge in [0.15, 0.2) is 11.6 Å². The molecule has 0 amide bonds. The van der Waals surface area contributed by atoms with Gasteiger partial charge in [-0.3, -0.25) is 15.1 Å². The van der Waals surface area contributed by atoms with Crippen LogP contribution in [0.4, 0.5) is 17.6 Å². The van der Waals surface area contributed by atoms with Crippen molar-refractivity contribution in [1.29, 1.82) is 0 Å². The fourth-order valence-electron chi connectivity index (χ4n) is 3.61. The molecule has 0 radical (unpaired) electrons. The van der Waals surface area contributed by atoms with Crippen molar-refractivity contribution in [3.05, 3.63) is 53.4 Å². The van der Waals surface area contributed by atoms with E-state index in [-0.39, 0.29) is 6.04 Å². The second-order valence-corrected chi connectivity index (χ2v) is 7.56. The Bertz CT molecular complexity index is 1220. The van der Waals surface area contributed by atoms with E-state index in [0.29, 0.717) is 17.5 Å². The number of aryl methyl sites for hydroxylation is 3. The molecule has 0 saturated carbocycles. The van der Waals surface area contributed by atoms with Crippen LogP contribution in [0.5, 0.6) is 0 Å². The third kappa shape index (κ3) is 3.72. The quantitative estimate of drug-likeness (QED) is 0.485. The van der Waals surface area contributed by atoms with Crippen molar-refractivity contribution < 1.29 is 4.52 Å². The van der Waals surface area contributed by atoms with E-state index in [1.165, 1.54) is 0 Å². The fourth-order valence-corrected chi connectivity index (χ4v) is 3.61. The summed E-state index contributed by atoms with van der Waals surface area (Å²) in [6.07, 6.45) is 5.07. The molecule has 158 valence electrons. The third-order valence-electron chi connectivity index (χ3n) is 5.35. The topological polar surface area (TPSA) is 122 Å². The Labute approximate surface area is 179 Å². The Balaban J connectivity index is 1.41. The molecule has 1 fully saturated rings. The van der Waals surface area contributed by atoms with E-state index in [4.69, 9.17) is 14.5 Å². The molecule has 1 saturated heterocycles. The van der Waals surface area contributed by atoms with E-state index in [9.17, 15) is 0 Å². The number of nitrogens with one attached hydrogen (secondary N) is 2. The van der Waals surface area contributed by atoms with Gasteiger partial charge in [0, 0.05) is 48.5 Å². The van der Waals surface area contributed by atoms with E-state index in [1.54, 1.807) is 12.4 Å². The largest absolute Gasteiger partial charge is 0.358 e. The van der Waals surface area contributed by atoms with Crippen LogP contribution in [0.25, 0.3) is 11.4 Å². The molecule has 4 aromatic rings. The van der Waals surface area contributed by atoms with E-state index in [0.717, 1.165) is 53.7 Å². The molecule has 10 nitrogen and oxygen atoms in total. The fraction of sp³-hybridized carbons (Fsp3) is 0.333. The number of hydrogen-bond donors (Lipinski definition) is 2. The van der Waals surface area contributed by atoms with Crippen LogP contribution in [-0.4, -0.2) is 41.8 Å². The van der Waals surface area contributed by atoms with E-state index in [1.807, 2.05) is 32.0 Å². The van der Waals surface area contributed by atoms with Crippen molar-refractivity contribution >= 4 is 17.6 Å². The van der Waals surface area contributed by atoms with Crippen molar-refractivity contribution in [1.82, 2.24) is 35.3 Å². The van der Waals surface area contributed by atoms with Crippen molar-refractivity contribution in [2.24, 2.45) is 0 Å². The van der Waals surface area contributed by atoms with Crippen molar-refractivity contribution in [2.45, 2.75) is 39.7 Å². The van der Waals surface area contributed by atoms with Crippen LogP contribution in [0.3, 0.4) is 0 Å². The van der Waals surface area contributed by atoms with Crippen LogP contribution in [0.1, 0.15) is 42.2 Å². The summed E-state index contributed by atoms with van der Waals surface area (Å²) in [6.45, 7) is 6.79. The Kier molecular flexibility index (Phi) is 4.81. The van der Waals surface area contributed by atoms with Crippen molar-refractivity contribution in [2.75, 3.05) is 16.8 Å². The standard InChI is InChI=1S/C21H23N9O/c1-4-14-10-18(25-19-9-12(2)27-28-19)26-21(24-14)30-8-5-16(30)17-11-15(29-31-17)20-13(3)22-6-7-23-20/h6-7,9-11,16H,4-5,8H2,1-3H3,(H2,24,25,26,27,28)/t16-/m0/s1. The molecule has 0 bridgehead atoms. The van der Waals surface area contributed by atoms with Crippen LogP contribution in [0.2, 0.25) is 0 Å². The van der Waals surface area contributed by atoms with Crippen molar-refractivity contribution in [3.63, 3.8) is 0 Å². The molecular weight excluding hydrogens is 394 g/mol. The van der Waals surface area contributed by atoms with Gasteiger partial charge in [0.2, 0.25) is 5.95 Å². The van der Waals surface area contributed by atoms with Gasteiger partial charge >= 0.3 is 0 Å². The van der Waals surface area contributed by atoms with E-state index >= 15 is 0 Å². The number of hydrogen-bond acceptors (Lipinski definition) is 9. The highest BCUT2D eigenvalue weighted by Gasteiger charge is 2.35. The maximum atomic E-state index is 5.67. The summed E-state index contributed by atoms with van der Waals surface area (Å²) < 4.78 is 5.67.